The van der Waals surface area contributed by atoms with Crippen LogP contribution in [0.15, 0.2) is 48.5 Å². The Bertz CT molecular complexity index is 814. The standard InChI is InChI=1S/C17H15Cl3FN3OS/c1-10-6-2-5-9-13(10)22-16(26)24-15(17(18,19)20)23-14(25)11-7-3-4-8-12(11)21/h2-9,15H,1H3,(H,23,25)(H2,22,24,26)/t15-/m0/s1. The lowest BCUT2D eigenvalue weighted by Crippen LogP contribution is -2.56. The van der Waals surface area contributed by atoms with E-state index in [4.69, 9.17) is 47.0 Å². The first-order valence-electron chi connectivity index (χ1n) is 7.43. The van der Waals surface area contributed by atoms with Gasteiger partial charge in [0.25, 0.3) is 5.91 Å². The average molecular weight is 435 g/mol. The van der Waals surface area contributed by atoms with Crippen molar-refractivity contribution in [1.29, 1.82) is 0 Å². The number of anilines is 1. The van der Waals surface area contributed by atoms with Crippen molar-refractivity contribution >= 4 is 63.7 Å². The summed E-state index contributed by atoms with van der Waals surface area (Å²) in [6, 6.07) is 12.9. The van der Waals surface area contributed by atoms with Gasteiger partial charge in [0.05, 0.1) is 5.56 Å². The van der Waals surface area contributed by atoms with E-state index in [1.807, 2.05) is 31.2 Å². The molecule has 0 saturated carbocycles. The van der Waals surface area contributed by atoms with E-state index >= 15 is 0 Å². The highest BCUT2D eigenvalue weighted by Crippen LogP contribution is 2.29. The molecule has 0 saturated heterocycles. The second-order valence-corrected chi connectivity index (χ2v) is 8.12. The molecule has 0 aliphatic rings. The Labute approximate surface area is 171 Å². The maximum Gasteiger partial charge on any atom is 0.255 e. The van der Waals surface area contributed by atoms with Crippen LogP contribution in [0.25, 0.3) is 0 Å². The van der Waals surface area contributed by atoms with Gasteiger partial charge in [-0.25, -0.2) is 4.39 Å². The third-order valence-electron chi connectivity index (χ3n) is 3.39. The summed E-state index contributed by atoms with van der Waals surface area (Å²) >= 11 is 23.0. The van der Waals surface area contributed by atoms with E-state index in [2.05, 4.69) is 16.0 Å². The summed E-state index contributed by atoms with van der Waals surface area (Å²) in [6.45, 7) is 1.90. The molecule has 0 spiro atoms. The molecular weight excluding hydrogens is 420 g/mol. The zero-order valence-electron chi connectivity index (χ0n) is 13.5. The molecule has 0 heterocycles. The number of hydrogen-bond acceptors (Lipinski definition) is 2. The summed E-state index contributed by atoms with van der Waals surface area (Å²) in [7, 11) is 0. The van der Waals surface area contributed by atoms with Crippen LogP contribution < -0.4 is 16.0 Å². The number of aryl methyl sites for hydroxylation is 1. The lowest BCUT2D eigenvalue weighted by Gasteiger charge is -2.28. The average Bonchev–Trinajstić information content (AvgIpc) is 2.56. The number of alkyl halides is 3. The van der Waals surface area contributed by atoms with Gasteiger partial charge >= 0.3 is 0 Å². The van der Waals surface area contributed by atoms with Crippen molar-refractivity contribution in [2.45, 2.75) is 16.9 Å². The van der Waals surface area contributed by atoms with Gasteiger partial charge < -0.3 is 16.0 Å². The molecule has 1 atom stereocenters. The van der Waals surface area contributed by atoms with Gasteiger partial charge in [0.2, 0.25) is 3.79 Å². The highest BCUT2D eigenvalue weighted by Gasteiger charge is 2.35. The monoisotopic (exact) mass is 433 g/mol. The molecule has 0 aliphatic carbocycles. The highest BCUT2D eigenvalue weighted by molar-refractivity contribution is 7.80. The van der Waals surface area contributed by atoms with Crippen LogP contribution >= 0.6 is 47.0 Å². The van der Waals surface area contributed by atoms with Gasteiger partial charge in [-0.2, -0.15) is 0 Å². The first-order valence-corrected chi connectivity index (χ1v) is 8.98. The number of halogens is 4. The number of carbonyl (C=O) groups is 1. The molecule has 0 aliphatic heterocycles. The van der Waals surface area contributed by atoms with E-state index in [-0.39, 0.29) is 10.7 Å². The van der Waals surface area contributed by atoms with Gasteiger partial charge in [0.1, 0.15) is 12.0 Å². The molecule has 26 heavy (non-hydrogen) atoms. The quantitative estimate of drug-likeness (QED) is 0.375. The Morgan fingerprint density at radius 1 is 1.08 bits per heavy atom. The zero-order chi connectivity index (χ0) is 19.3. The maximum absolute atomic E-state index is 13.8. The molecule has 0 fully saturated rings. The maximum atomic E-state index is 13.8. The molecule has 2 aromatic carbocycles. The normalized spacial score (nSPS) is 12.2. The van der Waals surface area contributed by atoms with Crippen LogP contribution in [0.5, 0.6) is 0 Å². The molecule has 2 rings (SSSR count). The van der Waals surface area contributed by atoms with Crippen molar-refractivity contribution < 1.29 is 9.18 Å². The van der Waals surface area contributed by atoms with E-state index in [1.165, 1.54) is 18.2 Å². The van der Waals surface area contributed by atoms with E-state index < -0.39 is 21.7 Å². The van der Waals surface area contributed by atoms with Crippen LogP contribution in [-0.4, -0.2) is 21.0 Å². The Morgan fingerprint density at radius 3 is 2.31 bits per heavy atom. The largest absolute Gasteiger partial charge is 0.339 e. The number of para-hydroxylation sites is 1. The topological polar surface area (TPSA) is 53.2 Å². The lowest BCUT2D eigenvalue weighted by molar-refractivity contribution is 0.0930. The SMILES string of the molecule is Cc1ccccc1NC(=S)N[C@H](NC(=O)c1ccccc1F)C(Cl)(Cl)Cl. The lowest BCUT2D eigenvalue weighted by atomic mass is 10.2. The van der Waals surface area contributed by atoms with Crippen LogP contribution in [0.2, 0.25) is 0 Å². The zero-order valence-corrected chi connectivity index (χ0v) is 16.6. The number of carbonyl (C=O) groups excluding carboxylic acids is 1. The molecule has 1 amide bonds. The van der Waals surface area contributed by atoms with Gasteiger partial charge in [-0.15, -0.1) is 0 Å². The number of thiocarbonyl (C=S) groups is 1. The summed E-state index contributed by atoms with van der Waals surface area (Å²) in [4.78, 5) is 12.3. The molecule has 2 aromatic rings. The number of nitrogens with one attached hydrogen (secondary N) is 3. The fourth-order valence-electron chi connectivity index (χ4n) is 2.06. The van der Waals surface area contributed by atoms with Crippen molar-refractivity contribution in [3.05, 3.63) is 65.5 Å². The minimum absolute atomic E-state index is 0.129. The molecule has 0 bridgehead atoms. The van der Waals surface area contributed by atoms with Crippen LogP contribution in [0.4, 0.5) is 10.1 Å². The Hall–Kier alpha value is -1.60. The summed E-state index contributed by atoms with van der Waals surface area (Å²) in [6.07, 6.45) is -1.19. The minimum atomic E-state index is -1.93. The number of rotatable bonds is 4. The van der Waals surface area contributed by atoms with E-state index in [9.17, 15) is 9.18 Å². The van der Waals surface area contributed by atoms with Gasteiger partial charge in [0, 0.05) is 5.69 Å². The Kier molecular flexibility index (Phi) is 7.06. The molecule has 0 radical (unpaired) electrons. The summed E-state index contributed by atoms with van der Waals surface area (Å²) in [5.41, 5.74) is 1.54. The van der Waals surface area contributed by atoms with Crippen molar-refractivity contribution in [2.75, 3.05) is 5.32 Å². The fraction of sp³-hybridized carbons (Fsp3) is 0.176. The molecular formula is C17H15Cl3FN3OS. The van der Waals surface area contributed by atoms with Crippen LogP contribution in [0.1, 0.15) is 15.9 Å². The van der Waals surface area contributed by atoms with Crippen LogP contribution in [0, 0.1) is 12.7 Å². The summed E-state index contributed by atoms with van der Waals surface area (Å²) in [5.74, 6) is -1.43. The molecule has 138 valence electrons. The predicted molar refractivity (Wildman–Crippen MR) is 108 cm³/mol. The van der Waals surface area contributed by atoms with Crippen molar-refractivity contribution in [3.63, 3.8) is 0 Å². The Morgan fingerprint density at radius 2 is 1.69 bits per heavy atom. The molecule has 4 nitrogen and oxygen atoms in total. The summed E-state index contributed by atoms with van der Waals surface area (Å²) in [5, 5.41) is 8.24. The van der Waals surface area contributed by atoms with E-state index in [0.717, 1.165) is 17.3 Å². The van der Waals surface area contributed by atoms with Crippen molar-refractivity contribution in [3.8, 4) is 0 Å². The fourth-order valence-corrected chi connectivity index (χ4v) is 2.61. The summed E-state index contributed by atoms with van der Waals surface area (Å²) < 4.78 is 11.8. The van der Waals surface area contributed by atoms with Gasteiger partial charge in [-0.1, -0.05) is 65.1 Å². The number of benzene rings is 2. The molecule has 9 heteroatoms. The molecule has 0 aromatic heterocycles. The first kappa shape index (κ1) is 20.7. The van der Waals surface area contributed by atoms with Crippen molar-refractivity contribution in [2.24, 2.45) is 0 Å². The Balaban J connectivity index is 2.10. The third-order valence-corrected chi connectivity index (χ3v) is 4.26. The first-order chi connectivity index (χ1) is 12.2. The number of amides is 1. The second kappa shape index (κ2) is 8.86. The smallest absolute Gasteiger partial charge is 0.255 e. The van der Waals surface area contributed by atoms with Gasteiger partial charge in [-0.05, 0) is 42.9 Å². The van der Waals surface area contributed by atoms with E-state index in [0.29, 0.717) is 0 Å². The van der Waals surface area contributed by atoms with Gasteiger partial charge in [0.15, 0.2) is 5.11 Å². The highest BCUT2D eigenvalue weighted by atomic mass is 35.6. The molecule has 0 unspecified atom stereocenters. The number of hydrogen-bond donors (Lipinski definition) is 3. The molecule has 3 N–H and O–H groups in total. The van der Waals surface area contributed by atoms with Crippen LogP contribution in [-0.2, 0) is 0 Å². The third kappa shape index (κ3) is 5.71. The minimum Gasteiger partial charge on any atom is -0.339 e. The van der Waals surface area contributed by atoms with Crippen LogP contribution in [0.3, 0.4) is 0 Å². The van der Waals surface area contributed by atoms with E-state index in [1.54, 1.807) is 0 Å². The van der Waals surface area contributed by atoms with Gasteiger partial charge in [-0.3, -0.25) is 4.79 Å². The van der Waals surface area contributed by atoms with Crippen molar-refractivity contribution in [1.82, 2.24) is 10.6 Å². The second-order valence-electron chi connectivity index (χ2n) is 5.34. The predicted octanol–water partition coefficient (Wildman–Crippen LogP) is 4.55.